The van der Waals surface area contributed by atoms with Crippen LogP contribution >= 0.6 is 0 Å². The lowest BCUT2D eigenvalue weighted by atomic mass is 10.1. The van der Waals surface area contributed by atoms with Crippen LogP contribution in [0.5, 0.6) is 5.75 Å². The highest BCUT2D eigenvalue weighted by Gasteiger charge is 2.11. The van der Waals surface area contributed by atoms with Crippen LogP contribution in [0.15, 0.2) is 35.1 Å². The number of nitrogens with zero attached hydrogens (tertiary/aromatic N) is 1. The third-order valence-electron chi connectivity index (χ3n) is 2.67. The molecule has 0 aliphatic carbocycles. The molecule has 1 unspecified atom stereocenters. The minimum atomic E-state index is -0.291. The summed E-state index contributed by atoms with van der Waals surface area (Å²) in [6.07, 6.45) is 0. The van der Waals surface area contributed by atoms with Crippen molar-refractivity contribution >= 4 is 0 Å². The summed E-state index contributed by atoms with van der Waals surface area (Å²) in [7, 11) is 0. The van der Waals surface area contributed by atoms with Gasteiger partial charge in [-0.2, -0.15) is 0 Å². The maximum atomic E-state index is 11.7. The van der Waals surface area contributed by atoms with Gasteiger partial charge in [0.2, 0.25) is 0 Å². The molecule has 0 aliphatic heterocycles. The van der Waals surface area contributed by atoms with E-state index in [0.717, 1.165) is 5.56 Å². The topological polar surface area (TPSA) is 81.0 Å². The molecule has 0 amide bonds. The summed E-state index contributed by atoms with van der Waals surface area (Å²) in [5.41, 5.74) is 6.87. The van der Waals surface area contributed by atoms with Gasteiger partial charge in [-0.15, -0.1) is 0 Å². The van der Waals surface area contributed by atoms with E-state index in [1.165, 1.54) is 6.07 Å². The Morgan fingerprint density at radius 3 is 2.84 bits per heavy atom. The largest absolute Gasteiger partial charge is 0.493 e. The standard InChI is InChI=1S/C14H17N3O2/c1-3-19-12-7-5-4-6-10(12)14-16-11(9(2)15)8-13(18)17-14/h4-9H,3,15H2,1-2H3,(H,16,17,18). The second-order valence-corrected chi connectivity index (χ2v) is 4.24. The molecule has 2 rings (SSSR count). The normalized spacial score (nSPS) is 12.2. The molecule has 5 heteroatoms. The van der Waals surface area contributed by atoms with E-state index in [1.54, 1.807) is 6.92 Å². The van der Waals surface area contributed by atoms with Crippen LogP contribution < -0.4 is 16.0 Å². The highest BCUT2D eigenvalue weighted by atomic mass is 16.5. The lowest BCUT2D eigenvalue weighted by Gasteiger charge is -2.11. The van der Waals surface area contributed by atoms with Crippen LogP contribution in [-0.4, -0.2) is 16.6 Å². The van der Waals surface area contributed by atoms with Crippen molar-refractivity contribution < 1.29 is 4.74 Å². The molecular weight excluding hydrogens is 242 g/mol. The Labute approximate surface area is 111 Å². The summed E-state index contributed by atoms with van der Waals surface area (Å²) in [4.78, 5) is 18.8. The van der Waals surface area contributed by atoms with Gasteiger partial charge in [-0.25, -0.2) is 4.98 Å². The van der Waals surface area contributed by atoms with E-state index in [2.05, 4.69) is 9.97 Å². The lowest BCUT2D eigenvalue weighted by Crippen LogP contribution is -2.16. The highest BCUT2D eigenvalue weighted by Crippen LogP contribution is 2.26. The van der Waals surface area contributed by atoms with E-state index in [1.807, 2.05) is 31.2 Å². The molecule has 0 bridgehead atoms. The average molecular weight is 259 g/mol. The molecule has 0 spiro atoms. The molecule has 0 aliphatic rings. The zero-order valence-electron chi connectivity index (χ0n) is 11.0. The second kappa shape index (κ2) is 5.67. The van der Waals surface area contributed by atoms with Gasteiger partial charge in [0.05, 0.1) is 17.9 Å². The van der Waals surface area contributed by atoms with Gasteiger partial charge < -0.3 is 15.5 Å². The van der Waals surface area contributed by atoms with E-state index < -0.39 is 0 Å². The Kier molecular flexibility index (Phi) is 3.97. The number of aromatic amines is 1. The summed E-state index contributed by atoms with van der Waals surface area (Å²) in [6.45, 7) is 4.25. The molecular formula is C14H17N3O2. The monoisotopic (exact) mass is 259 g/mol. The van der Waals surface area contributed by atoms with Crippen LogP contribution in [0.25, 0.3) is 11.4 Å². The van der Waals surface area contributed by atoms with E-state index in [4.69, 9.17) is 10.5 Å². The van der Waals surface area contributed by atoms with Crippen LogP contribution in [-0.2, 0) is 0 Å². The second-order valence-electron chi connectivity index (χ2n) is 4.24. The molecule has 0 saturated carbocycles. The molecule has 0 saturated heterocycles. The number of hydrogen-bond donors (Lipinski definition) is 2. The summed E-state index contributed by atoms with van der Waals surface area (Å²) >= 11 is 0. The summed E-state index contributed by atoms with van der Waals surface area (Å²) < 4.78 is 5.54. The van der Waals surface area contributed by atoms with E-state index >= 15 is 0 Å². The van der Waals surface area contributed by atoms with E-state index in [9.17, 15) is 4.79 Å². The Balaban J connectivity index is 2.55. The van der Waals surface area contributed by atoms with Crippen LogP contribution in [0.3, 0.4) is 0 Å². The Morgan fingerprint density at radius 1 is 1.42 bits per heavy atom. The maximum Gasteiger partial charge on any atom is 0.251 e. The van der Waals surface area contributed by atoms with Crippen molar-refractivity contribution in [2.24, 2.45) is 5.73 Å². The third-order valence-corrected chi connectivity index (χ3v) is 2.67. The molecule has 1 heterocycles. The number of para-hydroxylation sites is 1. The van der Waals surface area contributed by atoms with Crippen molar-refractivity contribution in [3.05, 3.63) is 46.4 Å². The number of benzene rings is 1. The zero-order valence-corrected chi connectivity index (χ0v) is 11.0. The minimum absolute atomic E-state index is 0.219. The quantitative estimate of drug-likeness (QED) is 0.878. The van der Waals surface area contributed by atoms with Crippen LogP contribution in [0.2, 0.25) is 0 Å². The van der Waals surface area contributed by atoms with E-state index in [0.29, 0.717) is 23.9 Å². The van der Waals surface area contributed by atoms with Gasteiger partial charge >= 0.3 is 0 Å². The van der Waals surface area contributed by atoms with Crippen molar-refractivity contribution in [3.8, 4) is 17.1 Å². The smallest absolute Gasteiger partial charge is 0.251 e. The molecule has 0 fully saturated rings. The van der Waals surface area contributed by atoms with Crippen LogP contribution in [0.4, 0.5) is 0 Å². The average Bonchev–Trinajstić information content (AvgIpc) is 2.39. The lowest BCUT2D eigenvalue weighted by molar-refractivity contribution is 0.341. The number of H-pyrrole nitrogens is 1. The van der Waals surface area contributed by atoms with Gasteiger partial charge in [-0.1, -0.05) is 12.1 Å². The van der Waals surface area contributed by atoms with Gasteiger partial charge in [0, 0.05) is 12.1 Å². The van der Waals surface area contributed by atoms with Crippen LogP contribution in [0, 0.1) is 0 Å². The fourth-order valence-electron chi connectivity index (χ4n) is 1.78. The van der Waals surface area contributed by atoms with Crippen molar-refractivity contribution in [2.75, 3.05) is 6.61 Å². The number of aromatic nitrogens is 2. The molecule has 1 aromatic carbocycles. The molecule has 1 atom stereocenters. The molecule has 100 valence electrons. The molecule has 1 aromatic heterocycles. The Bertz CT molecular complexity index is 620. The van der Waals surface area contributed by atoms with Crippen molar-refractivity contribution in [1.29, 1.82) is 0 Å². The van der Waals surface area contributed by atoms with Gasteiger partial charge in [0.15, 0.2) is 0 Å². The molecule has 0 radical (unpaired) electrons. The summed E-state index contributed by atoms with van der Waals surface area (Å²) in [6, 6.07) is 8.57. The number of nitrogens with one attached hydrogen (secondary N) is 1. The van der Waals surface area contributed by atoms with Crippen molar-refractivity contribution in [2.45, 2.75) is 19.9 Å². The first-order valence-electron chi connectivity index (χ1n) is 6.21. The molecule has 19 heavy (non-hydrogen) atoms. The predicted octanol–water partition coefficient (Wildman–Crippen LogP) is 1.86. The first-order valence-corrected chi connectivity index (χ1v) is 6.21. The Hall–Kier alpha value is -2.14. The number of nitrogens with two attached hydrogens (primary N) is 1. The molecule has 5 nitrogen and oxygen atoms in total. The maximum absolute atomic E-state index is 11.7. The fraction of sp³-hybridized carbons (Fsp3) is 0.286. The van der Waals surface area contributed by atoms with Gasteiger partial charge in [0.1, 0.15) is 11.6 Å². The Morgan fingerprint density at radius 2 is 2.16 bits per heavy atom. The minimum Gasteiger partial charge on any atom is -0.493 e. The van der Waals surface area contributed by atoms with Crippen molar-refractivity contribution in [3.63, 3.8) is 0 Å². The zero-order chi connectivity index (χ0) is 13.8. The third kappa shape index (κ3) is 3.00. The first-order chi connectivity index (χ1) is 9.11. The van der Waals surface area contributed by atoms with Gasteiger partial charge in [0.25, 0.3) is 5.56 Å². The van der Waals surface area contributed by atoms with Crippen molar-refractivity contribution in [1.82, 2.24) is 9.97 Å². The predicted molar refractivity (Wildman–Crippen MR) is 74.1 cm³/mol. The van der Waals surface area contributed by atoms with Gasteiger partial charge in [-0.05, 0) is 26.0 Å². The summed E-state index contributed by atoms with van der Waals surface area (Å²) in [5, 5.41) is 0. The van der Waals surface area contributed by atoms with Crippen LogP contribution in [0.1, 0.15) is 25.6 Å². The fourth-order valence-corrected chi connectivity index (χ4v) is 1.78. The summed E-state index contributed by atoms with van der Waals surface area (Å²) in [5.74, 6) is 1.17. The van der Waals surface area contributed by atoms with E-state index in [-0.39, 0.29) is 11.6 Å². The molecule has 2 aromatic rings. The number of hydrogen-bond acceptors (Lipinski definition) is 4. The van der Waals surface area contributed by atoms with Gasteiger partial charge in [-0.3, -0.25) is 4.79 Å². The SMILES string of the molecule is CCOc1ccccc1-c1nc(C(C)N)cc(=O)[nH]1. The molecule has 3 N–H and O–H groups in total. The first kappa shape index (κ1) is 13.3. The highest BCUT2D eigenvalue weighted by molar-refractivity contribution is 5.63. The number of ether oxygens (including phenoxy) is 1. The number of rotatable bonds is 4.